The summed E-state index contributed by atoms with van der Waals surface area (Å²) < 4.78 is 10.5. The molecule has 1 amide bonds. The molecule has 2 N–H and O–H groups in total. The quantitative estimate of drug-likeness (QED) is 0.423. The van der Waals surface area contributed by atoms with Crippen LogP contribution in [-0.4, -0.2) is 30.1 Å². The van der Waals surface area contributed by atoms with E-state index in [1.165, 1.54) is 17.8 Å². The average molecular weight is 426 g/mol. The molecule has 8 heteroatoms. The minimum absolute atomic E-state index is 0.0201. The number of methoxy groups -OCH3 is 2. The van der Waals surface area contributed by atoms with Gasteiger partial charge in [0.1, 0.15) is 11.5 Å². The summed E-state index contributed by atoms with van der Waals surface area (Å²) >= 11 is 1.39. The third kappa shape index (κ3) is 5.87. The van der Waals surface area contributed by atoms with Crippen LogP contribution in [0.15, 0.2) is 58.5 Å². The molecule has 0 spiro atoms. The van der Waals surface area contributed by atoms with E-state index < -0.39 is 0 Å². The number of nitrogens with zero attached hydrogens (tertiary/aromatic N) is 1. The second-order valence-corrected chi connectivity index (χ2v) is 7.57. The second kappa shape index (κ2) is 9.98. The number of benzene rings is 2. The molecule has 0 bridgehead atoms. The zero-order valence-corrected chi connectivity index (χ0v) is 17.8. The van der Waals surface area contributed by atoms with Crippen LogP contribution >= 0.6 is 11.8 Å². The predicted molar refractivity (Wildman–Crippen MR) is 117 cm³/mol. The van der Waals surface area contributed by atoms with Gasteiger partial charge in [-0.05, 0) is 42.3 Å². The number of aromatic nitrogens is 2. The van der Waals surface area contributed by atoms with Crippen LogP contribution < -0.4 is 20.3 Å². The Bertz CT molecular complexity index is 1100. The average Bonchev–Trinajstić information content (AvgIpc) is 2.72. The molecule has 1 aromatic heterocycles. The van der Waals surface area contributed by atoms with E-state index >= 15 is 0 Å². The minimum atomic E-state index is -0.297. The van der Waals surface area contributed by atoms with E-state index in [1.807, 2.05) is 43.3 Å². The molecular weight excluding hydrogens is 402 g/mol. The van der Waals surface area contributed by atoms with Gasteiger partial charge in [0.25, 0.3) is 5.56 Å². The molecule has 0 saturated carbocycles. The molecule has 0 unspecified atom stereocenters. The van der Waals surface area contributed by atoms with Crippen molar-refractivity contribution in [1.29, 1.82) is 0 Å². The van der Waals surface area contributed by atoms with Crippen molar-refractivity contribution in [2.45, 2.75) is 24.3 Å². The van der Waals surface area contributed by atoms with Gasteiger partial charge < -0.3 is 19.8 Å². The normalized spacial score (nSPS) is 10.5. The Hall–Kier alpha value is -3.26. The summed E-state index contributed by atoms with van der Waals surface area (Å²) in [4.78, 5) is 31.6. The second-order valence-electron chi connectivity index (χ2n) is 6.61. The number of carbonyl (C=O) groups excluding carboxylic acids is 1. The summed E-state index contributed by atoms with van der Waals surface area (Å²) in [5, 5.41) is 3.28. The first-order valence-corrected chi connectivity index (χ1v) is 10.3. The van der Waals surface area contributed by atoms with Gasteiger partial charge in [-0.15, -0.1) is 0 Å². The molecule has 3 rings (SSSR count). The molecule has 1 heterocycles. The number of thioether (sulfide) groups is 1. The van der Waals surface area contributed by atoms with Crippen molar-refractivity contribution in [3.63, 3.8) is 0 Å². The third-order valence-corrected chi connectivity index (χ3v) is 5.20. The van der Waals surface area contributed by atoms with Crippen LogP contribution in [0.4, 0.5) is 5.69 Å². The van der Waals surface area contributed by atoms with Crippen LogP contribution in [-0.2, 0) is 17.0 Å². The highest BCUT2D eigenvalue weighted by molar-refractivity contribution is 7.98. The molecule has 0 aliphatic rings. The van der Waals surface area contributed by atoms with E-state index in [9.17, 15) is 9.59 Å². The molecule has 30 heavy (non-hydrogen) atoms. The van der Waals surface area contributed by atoms with Crippen molar-refractivity contribution in [2.75, 3.05) is 19.5 Å². The van der Waals surface area contributed by atoms with E-state index in [2.05, 4.69) is 15.3 Å². The number of aromatic amines is 1. The molecule has 0 aliphatic carbocycles. The highest BCUT2D eigenvalue weighted by Gasteiger charge is 2.11. The van der Waals surface area contributed by atoms with Gasteiger partial charge in [-0.2, -0.15) is 0 Å². The molecule has 3 aromatic rings. The largest absolute Gasteiger partial charge is 0.497 e. The smallest absolute Gasteiger partial charge is 0.251 e. The van der Waals surface area contributed by atoms with E-state index in [4.69, 9.17) is 9.47 Å². The number of carbonyl (C=O) groups is 1. The number of amides is 1. The van der Waals surface area contributed by atoms with E-state index in [1.54, 1.807) is 20.3 Å². The fourth-order valence-corrected chi connectivity index (χ4v) is 3.67. The van der Waals surface area contributed by atoms with Crippen molar-refractivity contribution in [3.8, 4) is 11.5 Å². The fourth-order valence-electron chi connectivity index (χ4n) is 2.83. The van der Waals surface area contributed by atoms with E-state index in [-0.39, 0.29) is 17.9 Å². The zero-order valence-electron chi connectivity index (χ0n) is 17.0. The van der Waals surface area contributed by atoms with Gasteiger partial charge in [0.05, 0.1) is 32.0 Å². The number of rotatable bonds is 8. The van der Waals surface area contributed by atoms with Gasteiger partial charge in [-0.25, -0.2) is 4.98 Å². The standard InChI is InChI=1S/C22H23N3O4S/c1-14-7-8-19(29-3)18(9-14)24-20(26)11-16-12-21(27)25-22(23-16)30-13-15-5-4-6-17(10-15)28-2/h4-10,12H,11,13H2,1-3H3,(H,24,26)(H,23,25,27). The molecule has 7 nitrogen and oxygen atoms in total. The first-order chi connectivity index (χ1) is 14.5. The number of hydrogen-bond acceptors (Lipinski definition) is 6. The van der Waals surface area contributed by atoms with E-state index in [0.717, 1.165) is 16.9 Å². The maximum absolute atomic E-state index is 12.5. The fraction of sp³-hybridized carbons (Fsp3) is 0.227. The third-order valence-electron chi connectivity index (χ3n) is 4.25. The van der Waals surface area contributed by atoms with Crippen LogP contribution in [0.5, 0.6) is 11.5 Å². The highest BCUT2D eigenvalue weighted by atomic mass is 32.2. The van der Waals surface area contributed by atoms with Crippen molar-refractivity contribution in [2.24, 2.45) is 0 Å². The first-order valence-electron chi connectivity index (χ1n) is 9.27. The zero-order chi connectivity index (χ0) is 21.5. The van der Waals surface area contributed by atoms with Crippen molar-refractivity contribution in [3.05, 3.63) is 75.7 Å². The molecule has 0 fully saturated rings. The Balaban J connectivity index is 1.68. The van der Waals surface area contributed by atoms with E-state index in [0.29, 0.717) is 28.0 Å². The van der Waals surface area contributed by atoms with Gasteiger partial charge in [0.2, 0.25) is 5.91 Å². The number of ether oxygens (including phenoxy) is 2. The van der Waals surface area contributed by atoms with Crippen LogP contribution in [0, 0.1) is 6.92 Å². The SMILES string of the molecule is COc1cccc(CSc2nc(CC(=O)Nc3cc(C)ccc3OC)cc(=O)[nH]2)c1. The maximum atomic E-state index is 12.5. The number of hydrogen-bond donors (Lipinski definition) is 2. The Morgan fingerprint density at radius 1 is 1.13 bits per heavy atom. The van der Waals surface area contributed by atoms with Crippen LogP contribution in [0.3, 0.4) is 0 Å². The lowest BCUT2D eigenvalue weighted by Gasteiger charge is -2.11. The lowest BCUT2D eigenvalue weighted by Crippen LogP contribution is -2.18. The molecule has 0 radical (unpaired) electrons. The molecular formula is C22H23N3O4S. The molecule has 0 atom stereocenters. The van der Waals surface area contributed by atoms with Crippen molar-refractivity contribution >= 4 is 23.4 Å². The Kier molecular flexibility index (Phi) is 7.13. The predicted octanol–water partition coefficient (Wildman–Crippen LogP) is 3.57. The van der Waals surface area contributed by atoms with Crippen LogP contribution in [0.1, 0.15) is 16.8 Å². The number of H-pyrrole nitrogens is 1. The Morgan fingerprint density at radius 3 is 2.73 bits per heavy atom. The van der Waals surface area contributed by atoms with Gasteiger partial charge in [0, 0.05) is 11.8 Å². The summed E-state index contributed by atoms with van der Waals surface area (Å²) in [6.07, 6.45) is -0.0201. The Labute approximate surface area is 178 Å². The summed E-state index contributed by atoms with van der Waals surface area (Å²) in [6.45, 7) is 1.93. The van der Waals surface area contributed by atoms with Crippen molar-refractivity contribution in [1.82, 2.24) is 9.97 Å². The van der Waals surface area contributed by atoms with Gasteiger partial charge in [-0.1, -0.05) is 30.0 Å². The maximum Gasteiger partial charge on any atom is 0.251 e. The summed E-state index contributed by atoms with van der Waals surface area (Å²) in [5.74, 6) is 1.67. The summed E-state index contributed by atoms with van der Waals surface area (Å²) in [6, 6.07) is 14.5. The Morgan fingerprint density at radius 2 is 1.97 bits per heavy atom. The number of anilines is 1. The summed E-state index contributed by atoms with van der Waals surface area (Å²) in [7, 11) is 3.16. The first kappa shape index (κ1) is 21.4. The minimum Gasteiger partial charge on any atom is -0.497 e. The highest BCUT2D eigenvalue weighted by Crippen LogP contribution is 2.25. The number of aryl methyl sites for hydroxylation is 1. The monoisotopic (exact) mass is 425 g/mol. The topological polar surface area (TPSA) is 93.3 Å². The lowest BCUT2D eigenvalue weighted by atomic mass is 10.2. The van der Waals surface area contributed by atoms with Crippen LogP contribution in [0.2, 0.25) is 0 Å². The lowest BCUT2D eigenvalue weighted by molar-refractivity contribution is -0.115. The summed E-state index contributed by atoms with van der Waals surface area (Å²) in [5.41, 5.74) is 2.72. The van der Waals surface area contributed by atoms with Gasteiger partial charge >= 0.3 is 0 Å². The van der Waals surface area contributed by atoms with Crippen molar-refractivity contribution < 1.29 is 14.3 Å². The van der Waals surface area contributed by atoms with Crippen LogP contribution in [0.25, 0.3) is 0 Å². The molecule has 156 valence electrons. The van der Waals surface area contributed by atoms with Gasteiger partial charge in [-0.3, -0.25) is 9.59 Å². The number of nitrogens with one attached hydrogen (secondary N) is 2. The van der Waals surface area contributed by atoms with Gasteiger partial charge in [0.15, 0.2) is 5.16 Å². The molecule has 0 aliphatic heterocycles. The molecule has 2 aromatic carbocycles. The molecule has 0 saturated heterocycles.